The van der Waals surface area contributed by atoms with Gasteiger partial charge >= 0.3 is 12.1 Å². The summed E-state index contributed by atoms with van der Waals surface area (Å²) in [7, 11) is 2.50. The molecule has 1 atom stereocenters. The Morgan fingerprint density at radius 3 is 2.42 bits per heavy atom. The Balaban J connectivity index is 2.07. The predicted octanol–water partition coefficient (Wildman–Crippen LogP) is 7.00. The number of aromatic nitrogens is 1. The van der Waals surface area contributed by atoms with Crippen LogP contribution in [0.2, 0.25) is 5.02 Å². The Kier molecular flexibility index (Phi) is 10.5. The van der Waals surface area contributed by atoms with Crippen molar-refractivity contribution >= 4 is 40.7 Å². The number of rotatable bonds is 10. The number of carbonyl (C=O) groups is 2. The van der Waals surface area contributed by atoms with Crippen LogP contribution in [-0.2, 0) is 15.9 Å². The fourth-order valence-corrected chi connectivity index (χ4v) is 4.33. The van der Waals surface area contributed by atoms with E-state index in [4.69, 9.17) is 25.8 Å². The zero-order chi connectivity index (χ0) is 32.1. The van der Waals surface area contributed by atoms with Gasteiger partial charge in [0.05, 0.1) is 41.5 Å². The molecule has 0 spiro atoms. The number of pyridine rings is 1. The van der Waals surface area contributed by atoms with Crippen molar-refractivity contribution in [1.29, 1.82) is 0 Å². The number of amides is 1. The summed E-state index contributed by atoms with van der Waals surface area (Å²) in [6, 6.07) is 7.51. The van der Waals surface area contributed by atoms with Gasteiger partial charge < -0.3 is 24.4 Å². The van der Waals surface area contributed by atoms with E-state index < -0.39 is 40.3 Å². The molecule has 1 N–H and O–H groups in total. The highest BCUT2D eigenvalue weighted by atomic mass is 35.5. The summed E-state index contributed by atoms with van der Waals surface area (Å²) in [6.07, 6.45) is -0.851. The fourth-order valence-electron chi connectivity index (χ4n) is 4.16. The Morgan fingerprint density at radius 1 is 1.12 bits per heavy atom. The highest BCUT2D eigenvalue weighted by Gasteiger charge is 2.30. The fraction of sp³-hybridized carbons (Fsp3) is 0.345. The molecule has 0 radical (unpaired) electrons. The van der Waals surface area contributed by atoms with Crippen LogP contribution in [0.4, 0.5) is 30.6 Å². The van der Waals surface area contributed by atoms with E-state index in [9.17, 15) is 28.5 Å². The summed E-state index contributed by atoms with van der Waals surface area (Å²) in [5, 5.41) is 14.3. The van der Waals surface area contributed by atoms with E-state index in [1.54, 1.807) is 27.7 Å². The molecule has 1 aromatic heterocycles. The van der Waals surface area contributed by atoms with E-state index in [-0.39, 0.29) is 57.8 Å². The molecule has 0 bridgehead atoms. The van der Waals surface area contributed by atoms with Crippen LogP contribution in [0.15, 0.2) is 42.5 Å². The number of benzene rings is 2. The van der Waals surface area contributed by atoms with Crippen molar-refractivity contribution in [3.8, 4) is 5.88 Å². The summed E-state index contributed by atoms with van der Waals surface area (Å²) in [5.41, 5.74) is -0.721. The topological polar surface area (TPSA) is 133 Å². The number of nitrogens with zero attached hydrogens (tertiary/aromatic N) is 3. The SMILES string of the molecule is COC(=O)c1cc(F)c(Cl)cc1Nc1ccc(F)cc1C(C)N(CCc1nc(OC)ccc1[N+](=O)[O-])C(=O)OC(C)(C)C. The molecule has 3 aromatic rings. The summed E-state index contributed by atoms with van der Waals surface area (Å²) in [6.45, 7) is 6.50. The number of ether oxygens (including phenoxy) is 3. The molecule has 0 aliphatic carbocycles. The monoisotopic (exact) mass is 620 g/mol. The summed E-state index contributed by atoms with van der Waals surface area (Å²) < 4.78 is 44.3. The van der Waals surface area contributed by atoms with Crippen molar-refractivity contribution in [2.24, 2.45) is 0 Å². The lowest BCUT2D eigenvalue weighted by atomic mass is 10.0. The van der Waals surface area contributed by atoms with Crippen LogP contribution in [-0.4, -0.2) is 53.2 Å². The first-order chi connectivity index (χ1) is 20.1. The number of methoxy groups -OCH3 is 2. The molecular weight excluding hydrogens is 590 g/mol. The van der Waals surface area contributed by atoms with Gasteiger partial charge in [0.15, 0.2) is 0 Å². The normalized spacial score (nSPS) is 11.8. The van der Waals surface area contributed by atoms with Crippen molar-refractivity contribution in [1.82, 2.24) is 9.88 Å². The largest absolute Gasteiger partial charge is 0.481 e. The molecule has 3 rings (SSSR count). The van der Waals surface area contributed by atoms with E-state index in [1.165, 1.54) is 42.3 Å². The van der Waals surface area contributed by atoms with Crippen molar-refractivity contribution in [2.75, 3.05) is 26.1 Å². The summed E-state index contributed by atoms with van der Waals surface area (Å²) in [4.78, 5) is 42.3. The number of nitro groups is 1. The van der Waals surface area contributed by atoms with Crippen molar-refractivity contribution < 1.29 is 37.5 Å². The van der Waals surface area contributed by atoms with E-state index >= 15 is 0 Å². The van der Waals surface area contributed by atoms with Gasteiger partial charge in [0.25, 0.3) is 5.69 Å². The molecule has 11 nitrogen and oxygen atoms in total. The zero-order valence-electron chi connectivity index (χ0n) is 24.4. The molecule has 1 heterocycles. The number of halogens is 3. The highest BCUT2D eigenvalue weighted by molar-refractivity contribution is 6.31. The summed E-state index contributed by atoms with van der Waals surface area (Å²) in [5.74, 6) is -2.19. The van der Waals surface area contributed by atoms with Gasteiger partial charge in [-0.15, -0.1) is 0 Å². The van der Waals surface area contributed by atoms with E-state index in [0.29, 0.717) is 0 Å². The molecule has 1 amide bonds. The van der Waals surface area contributed by atoms with Gasteiger partial charge in [-0.25, -0.2) is 23.4 Å². The van der Waals surface area contributed by atoms with Crippen LogP contribution in [0.1, 0.15) is 55.4 Å². The van der Waals surface area contributed by atoms with Gasteiger partial charge in [0.1, 0.15) is 22.9 Å². The standard InChI is InChI=1S/C29H31ClF2N4O7/c1-16(18-13-17(31)7-8-22(18)33-24-15-20(30)21(32)14-19(24)27(37)42-6)35(28(38)43-29(2,3)4)12-11-23-25(36(39)40)9-10-26(34-23)41-5/h7-10,13-16,33H,11-12H2,1-6H3. The number of esters is 1. The second-order valence-electron chi connectivity index (χ2n) is 10.3. The quantitative estimate of drug-likeness (QED) is 0.144. The molecular formula is C29H31ClF2N4O7. The molecule has 2 aromatic carbocycles. The van der Waals surface area contributed by atoms with Crippen LogP contribution in [0.5, 0.6) is 5.88 Å². The molecule has 0 aliphatic heterocycles. The molecule has 43 heavy (non-hydrogen) atoms. The van der Waals surface area contributed by atoms with Crippen LogP contribution < -0.4 is 10.1 Å². The van der Waals surface area contributed by atoms with E-state index in [0.717, 1.165) is 19.2 Å². The average Bonchev–Trinajstić information content (AvgIpc) is 2.94. The third kappa shape index (κ3) is 8.28. The second kappa shape index (κ2) is 13.6. The zero-order valence-corrected chi connectivity index (χ0v) is 25.1. The van der Waals surface area contributed by atoms with Crippen molar-refractivity contribution in [2.45, 2.75) is 45.8 Å². The minimum Gasteiger partial charge on any atom is -0.481 e. The van der Waals surface area contributed by atoms with E-state index in [1.807, 2.05) is 0 Å². The molecule has 0 saturated heterocycles. The number of hydrogen-bond donors (Lipinski definition) is 1. The lowest BCUT2D eigenvalue weighted by Crippen LogP contribution is -2.40. The Labute approximate surface area is 251 Å². The lowest BCUT2D eigenvalue weighted by Gasteiger charge is -2.33. The second-order valence-corrected chi connectivity index (χ2v) is 10.7. The predicted molar refractivity (Wildman–Crippen MR) is 155 cm³/mol. The third-order valence-electron chi connectivity index (χ3n) is 6.21. The van der Waals surface area contributed by atoms with Gasteiger partial charge in [-0.3, -0.25) is 10.1 Å². The van der Waals surface area contributed by atoms with Gasteiger partial charge in [-0.1, -0.05) is 11.6 Å². The number of hydrogen-bond acceptors (Lipinski definition) is 9. The van der Waals surface area contributed by atoms with Crippen LogP contribution in [0.25, 0.3) is 0 Å². The van der Waals surface area contributed by atoms with Crippen molar-refractivity contribution in [3.05, 3.63) is 86.1 Å². The molecule has 1 unspecified atom stereocenters. The van der Waals surface area contributed by atoms with Crippen LogP contribution in [0, 0.1) is 21.7 Å². The molecule has 0 aliphatic rings. The Bertz CT molecular complexity index is 1530. The van der Waals surface area contributed by atoms with Gasteiger partial charge in [0.2, 0.25) is 5.88 Å². The minimum absolute atomic E-state index is 0.0615. The summed E-state index contributed by atoms with van der Waals surface area (Å²) >= 11 is 5.98. The highest BCUT2D eigenvalue weighted by Crippen LogP contribution is 2.35. The number of nitrogens with one attached hydrogen (secondary N) is 1. The average molecular weight is 621 g/mol. The number of anilines is 2. The lowest BCUT2D eigenvalue weighted by molar-refractivity contribution is -0.386. The molecule has 0 saturated carbocycles. The van der Waals surface area contributed by atoms with Gasteiger partial charge in [-0.05, 0) is 58.0 Å². The van der Waals surface area contributed by atoms with Crippen LogP contribution in [0.3, 0.4) is 0 Å². The first-order valence-electron chi connectivity index (χ1n) is 13.0. The smallest absolute Gasteiger partial charge is 0.410 e. The molecule has 0 fully saturated rings. The maximum atomic E-state index is 14.6. The number of carbonyl (C=O) groups excluding carboxylic acids is 2. The third-order valence-corrected chi connectivity index (χ3v) is 6.50. The first kappa shape index (κ1) is 33.0. The minimum atomic E-state index is -0.904. The first-order valence-corrected chi connectivity index (χ1v) is 13.3. The van der Waals surface area contributed by atoms with Crippen LogP contribution >= 0.6 is 11.6 Å². The van der Waals surface area contributed by atoms with Gasteiger partial charge in [-0.2, -0.15) is 0 Å². The van der Waals surface area contributed by atoms with E-state index in [2.05, 4.69) is 10.3 Å². The molecule has 230 valence electrons. The Morgan fingerprint density at radius 2 is 1.81 bits per heavy atom. The Hall–Kier alpha value is -4.52. The maximum absolute atomic E-state index is 14.6. The maximum Gasteiger partial charge on any atom is 0.410 e. The molecule has 14 heteroatoms. The van der Waals surface area contributed by atoms with Crippen molar-refractivity contribution in [3.63, 3.8) is 0 Å². The van der Waals surface area contributed by atoms with Gasteiger partial charge in [0, 0.05) is 36.3 Å².